The van der Waals surface area contributed by atoms with Crippen LogP contribution in [0.5, 0.6) is 0 Å². The van der Waals surface area contributed by atoms with Gasteiger partial charge in [0.25, 0.3) is 0 Å². The number of nitrogens with one attached hydrogen (secondary N) is 1. The van der Waals surface area contributed by atoms with E-state index >= 15 is 0 Å². The molecule has 2 heterocycles. The van der Waals surface area contributed by atoms with Crippen LogP contribution in [0.3, 0.4) is 0 Å². The van der Waals surface area contributed by atoms with Crippen LogP contribution in [0.25, 0.3) is 11.5 Å². The SMILES string of the molecule is Brc1cccc(CNc2ccc(-c3nnco3)cc2)n1. The van der Waals surface area contributed by atoms with Crippen molar-refractivity contribution in [3.63, 3.8) is 0 Å². The van der Waals surface area contributed by atoms with Crippen LogP contribution in [0.4, 0.5) is 5.69 Å². The molecule has 1 N–H and O–H groups in total. The Balaban J connectivity index is 1.67. The van der Waals surface area contributed by atoms with Gasteiger partial charge in [-0.2, -0.15) is 0 Å². The molecule has 2 aromatic heterocycles. The Morgan fingerprint density at radius 2 is 1.95 bits per heavy atom. The summed E-state index contributed by atoms with van der Waals surface area (Å²) in [5, 5.41) is 10.8. The number of hydrogen-bond donors (Lipinski definition) is 1. The van der Waals surface area contributed by atoms with E-state index in [1.54, 1.807) is 0 Å². The lowest BCUT2D eigenvalue weighted by atomic mass is 10.2. The zero-order chi connectivity index (χ0) is 13.8. The van der Waals surface area contributed by atoms with E-state index in [1.165, 1.54) is 6.39 Å². The molecular weight excluding hydrogens is 320 g/mol. The zero-order valence-corrected chi connectivity index (χ0v) is 12.0. The Kier molecular flexibility index (Phi) is 3.73. The van der Waals surface area contributed by atoms with E-state index in [0.29, 0.717) is 12.4 Å². The minimum Gasteiger partial charge on any atom is -0.423 e. The fraction of sp³-hybridized carbons (Fsp3) is 0.0714. The van der Waals surface area contributed by atoms with E-state index in [9.17, 15) is 0 Å². The molecule has 20 heavy (non-hydrogen) atoms. The number of halogens is 1. The predicted molar refractivity (Wildman–Crippen MR) is 79.0 cm³/mol. The lowest BCUT2D eigenvalue weighted by Gasteiger charge is -2.06. The van der Waals surface area contributed by atoms with Crippen molar-refractivity contribution in [2.45, 2.75) is 6.54 Å². The summed E-state index contributed by atoms with van der Waals surface area (Å²) in [6, 6.07) is 13.7. The molecule has 0 bridgehead atoms. The van der Waals surface area contributed by atoms with Gasteiger partial charge in [0.1, 0.15) is 4.60 Å². The normalized spacial score (nSPS) is 10.4. The van der Waals surface area contributed by atoms with Crippen LogP contribution in [-0.4, -0.2) is 15.2 Å². The highest BCUT2D eigenvalue weighted by Crippen LogP contribution is 2.19. The van der Waals surface area contributed by atoms with E-state index < -0.39 is 0 Å². The maximum absolute atomic E-state index is 5.14. The van der Waals surface area contributed by atoms with Gasteiger partial charge < -0.3 is 9.73 Å². The van der Waals surface area contributed by atoms with Crippen molar-refractivity contribution in [2.75, 3.05) is 5.32 Å². The highest BCUT2D eigenvalue weighted by Gasteiger charge is 2.03. The number of aromatic nitrogens is 3. The molecule has 3 rings (SSSR count). The zero-order valence-electron chi connectivity index (χ0n) is 10.5. The largest absolute Gasteiger partial charge is 0.423 e. The highest BCUT2D eigenvalue weighted by atomic mass is 79.9. The van der Waals surface area contributed by atoms with Gasteiger partial charge in [0, 0.05) is 11.3 Å². The molecule has 0 unspecified atom stereocenters. The molecule has 1 aromatic carbocycles. The minimum absolute atomic E-state index is 0.519. The second kappa shape index (κ2) is 5.83. The highest BCUT2D eigenvalue weighted by molar-refractivity contribution is 9.10. The molecule has 3 aromatic rings. The van der Waals surface area contributed by atoms with Crippen LogP contribution in [-0.2, 0) is 6.54 Å². The van der Waals surface area contributed by atoms with Crippen LogP contribution in [0.1, 0.15) is 5.69 Å². The van der Waals surface area contributed by atoms with Gasteiger partial charge in [-0.1, -0.05) is 6.07 Å². The van der Waals surface area contributed by atoms with Gasteiger partial charge in [-0.25, -0.2) is 4.98 Å². The van der Waals surface area contributed by atoms with Crippen LogP contribution in [0, 0.1) is 0 Å². The molecule has 0 saturated carbocycles. The maximum Gasteiger partial charge on any atom is 0.247 e. The summed E-state index contributed by atoms with van der Waals surface area (Å²) in [5.41, 5.74) is 2.88. The Hall–Kier alpha value is -2.21. The van der Waals surface area contributed by atoms with Crippen molar-refractivity contribution in [3.8, 4) is 11.5 Å². The molecular formula is C14H11BrN4O. The predicted octanol–water partition coefficient (Wildman–Crippen LogP) is 3.51. The fourth-order valence-electron chi connectivity index (χ4n) is 1.77. The van der Waals surface area contributed by atoms with Gasteiger partial charge in [-0.05, 0) is 52.3 Å². The molecule has 0 spiro atoms. The topological polar surface area (TPSA) is 63.8 Å². The smallest absolute Gasteiger partial charge is 0.247 e. The third-order valence-electron chi connectivity index (χ3n) is 2.74. The summed E-state index contributed by atoms with van der Waals surface area (Å²) in [4.78, 5) is 4.37. The Morgan fingerprint density at radius 1 is 1.10 bits per heavy atom. The molecule has 100 valence electrons. The van der Waals surface area contributed by atoms with Gasteiger partial charge in [-0.15, -0.1) is 10.2 Å². The lowest BCUT2D eigenvalue weighted by Crippen LogP contribution is -2.01. The third-order valence-corrected chi connectivity index (χ3v) is 3.18. The number of benzene rings is 1. The maximum atomic E-state index is 5.14. The van der Waals surface area contributed by atoms with E-state index in [2.05, 4.69) is 36.4 Å². The monoisotopic (exact) mass is 330 g/mol. The van der Waals surface area contributed by atoms with Crippen molar-refractivity contribution in [1.29, 1.82) is 0 Å². The molecule has 0 amide bonds. The number of rotatable bonds is 4. The molecule has 0 aliphatic rings. The number of hydrogen-bond acceptors (Lipinski definition) is 5. The van der Waals surface area contributed by atoms with E-state index in [4.69, 9.17) is 4.42 Å². The molecule has 0 saturated heterocycles. The second-order valence-electron chi connectivity index (χ2n) is 4.13. The van der Waals surface area contributed by atoms with E-state index in [1.807, 2.05) is 42.5 Å². The lowest BCUT2D eigenvalue weighted by molar-refractivity contribution is 0.568. The van der Waals surface area contributed by atoms with E-state index in [0.717, 1.165) is 21.5 Å². The molecule has 0 aliphatic heterocycles. The Labute approximate surface area is 124 Å². The third kappa shape index (κ3) is 3.03. The van der Waals surface area contributed by atoms with Crippen molar-refractivity contribution in [1.82, 2.24) is 15.2 Å². The molecule has 0 aliphatic carbocycles. The first kappa shape index (κ1) is 12.8. The van der Waals surface area contributed by atoms with Crippen LogP contribution in [0.2, 0.25) is 0 Å². The summed E-state index contributed by atoms with van der Waals surface area (Å²) in [7, 11) is 0. The molecule has 0 radical (unpaired) electrons. The van der Waals surface area contributed by atoms with Crippen molar-refractivity contribution < 1.29 is 4.42 Å². The Morgan fingerprint density at radius 3 is 2.65 bits per heavy atom. The first-order valence-corrected chi connectivity index (χ1v) is 6.82. The molecule has 0 fully saturated rings. The second-order valence-corrected chi connectivity index (χ2v) is 4.94. The van der Waals surface area contributed by atoms with Gasteiger partial charge in [0.05, 0.1) is 12.2 Å². The molecule has 5 nitrogen and oxygen atoms in total. The summed E-state index contributed by atoms with van der Waals surface area (Å²) in [5.74, 6) is 0.519. The van der Waals surface area contributed by atoms with Gasteiger partial charge >= 0.3 is 0 Å². The standard InChI is InChI=1S/C14H11BrN4O/c15-13-3-1-2-12(18-13)8-16-11-6-4-10(5-7-11)14-19-17-9-20-14/h1-7,9,16H,8H2. The van der Waals surface area contributed by atoms with Crippen molar-refractivity contribution in [3.05, 3.63) is 59.2 Å². The molecule has 6 heteroatoms. The van der Waals surface area contributed by atoms with Gasteiger partial charge in [0.15, 0.2) is 0 Å². The summed E-state index contributed by atoms with van der Waals surface area (Å²) in [6.45, 7) is 0.666. The minimum atomic E-state index is 0.519. The van der Waals surface area contributed by atoms with Gasteiger partial charge in [0.2, 0.25) is 12.3 Å². The summed E-state index contributed by atoms with van der Waals surface area (Å²) < 4.78 is 5.98. The quantitative estimate of drug-likeness (QED) is 0.741. The van der Waals surface area contributed by atoms with Crippen molar-refractivity contribution >= 4 is 21.6 Å². The fourth-order valence-corrected chi connectivity index (χ4v) is 2.15. The molecule has 0 atom stereocenters. The van der Waals surface area contributed by atoms with Crippen molar-refractivity contribution in [2.24, 2.45) is 0 Å². The van der Waals surface area contributed by atoms with Crippen LogP contribution < -0.4 is 5.32 Å². The van der Waals surface area contributed by atoms with E-state index in [-0.39, 0.29) is 0 Å². The first-order chi connectivity index (χ1) is 9.81. The number of anilines is 1. The summed E-state index contributed by atoms with van der Waals surface area (Å²) >= 11 is 3.36. The van der Waals surface area contributed by atoms with Gasteiger partial charge in [-0.3, -0.25) is 0 Å². The summed E-state index contributed by atoms with van der Waals surface area (Å²) in [6.07, 6.45) is 1.32. The first-order valence-electron chi connectivity index (χ1n) is 6.03. The average Bonchev–Trinajstić information content (AvgIpc) is 3.00. The number of pyridine rings is 1. The Bertz CT molecular complexity index is 683. The van der Waals surface area contributed by atoms with Crippen LogP contribution in [0.15, 0.2) is 57.9 Å². The average molecular weight is 331 g/mol. The van der Waals surface area contributed by atoms with Crippen LogP contribution >= 0.6 is 15.9 Å². The number of nitrogens with zero attached hydrogens (tertiary/aromatic N) is 3.